The summed E-state index contributed by atoms with van der Waals surface area (Å²) in [6, 6.07) is 14.2. The monoisotopic (exact) mass is 491 g/mol. The van der Waals surface area contributed by atoms with Crippen molar-refractivity contribution in [2.75, 3.05) is 7.11 Å². The molecule has 3 saturated carbocycles. The molecule has 1 heterocycles. The van der Waals surface area contributed by atoms with E-state index >= 15 is 0 Å². The minimum absolute atomic E-state index is 0.0117. The summed E-state index contributed by atoms with van der Waals surface area (Å²) in [7, 11) is 0.985. The van der Waals surface area contributed by atoms with Gasteiger partial charge in [0.1, 0.15) is 5.75 Å². The van der Waals surface area contributed by atoms with Crippen LogP contribution in [0.2, 0.25) is 0 Å². The van der Waals surface area contributed by atoms with Crippen molar-refractivity contribution >= 4 is 19.0 Å². The van der Waals surface area contributed by atoms with Gasteiger partial charge in [-0.15, -0.1) is 0 Å². The minimum Gasteiger partial charge on any atom is -0.497 e. The SMILES string of the molecule is COc1cccc(CC(=O)NC(Cc2cccc(C(=O)O)c2)B2OC3CC4CC(C4(C)C)C3(C)O2)c1. The molecule has 2 N–H and O–H groups in total. The van der Waals surface area contributed by atoms with Crippen molar-refractivity contribution in [3.8, 4) is 5.75 Å². The molecular formula is C28H34BNO6. The summed E-state index contributed by atoms with van der Waals surface area (Å²) in [5, 5.41) is 12.6. The molecular weight excluding hydrogens is 457 g/mol. The fraction of sp³-hybridized carbons (Fsp3) is 0.500. The van der Waals surface area contributed by atoms with Gasteiger partial charge in [-0.2, -0.15) is 0 Å². The number of carbonyl (C=O) groups excluding carboxylic acids is 1. The van der Waals surface area contributed by atoms with E-state index in [1.165, 1.54) is 0 Å². The van der Waals surface area contributed by atoms with Gasteiger partial charge in [0.2, 0.25) is 5.91 Å². The van der Waals surface area contributed by atoms with E-state index in [2.05, 4.69) is 26.1 Å². The highest BCUT2D eigenvalue weighted by molar-refractivity contribution is 6.48. The summed E-state index contributed by atoms with van der Waals surface area (Å²) in [6.07, 6.45) is 2.67. The summed E-state index contributed by atoms with van der Waals surface area (Å²) >= 11 is 0. The van der Waals surface area contributed by atoms with E-state index < -0.39 is 24.6 Å². The Balaban J connectivity index is 1.37. The van der Waals surface area contributed by atoms with Gasteiger partial charge in [0.25, 0.3) is 0 Å². The molecule has 3 aliphatic carbocycles. The van der Waals surface area contributed by atoms with Crippen LogP contribution in [0.4, 0.5) is 0 Å². The van der Waals surface area contributed by atoms with E-state index in [-0.39, 0.29) is 29.4 Å². The molecule has 0 aromatic heterocycles. The molecule has 1 amide bonds. The lowest BCUT2D eigenvalue weighted by Gasteiger charge is -2.64. The minimum atomic E-state index is -0.982. The zero-order valence-corrected chi connectivity index (χ0v) is 21.3. The maximum atomic E-state index is 13.2. The molecule has 2 bridgehead atoms. The van der Waals surface area contributed by atoms with E-state index in [9.17, 15) is 14.7 Å². The van der Waals surface area contributed by atoms with Crippen molar-refractivity contribution in [2.24, 2.45) is 17.3 Å². The van der Waals surface area contributed by atoms with Gasteiger partial charge in [0.15, 0.2) is 0 Å². The molecule has 0 radical (unpaired) electrons. The van der Waals surface area contributed by atoms with Crippen LogP contribution >= 0.6 is 0 Å². The zero-order chi connectivity index (χ0) is 25.7. The molecule has 5 atom stereocenters. The van der Waals surface area contributed by atoms with Crippen LogP contribution in [-0.4, -0.2) is 48.9 Å². The molecule has 36 heavy (non-hydrogen) atoms. The average molecular weight is 491 g/mol. The summed E-state index contributed by atoms with van der Waals surface area (Å²) < 4.78 is 18.4. The van der Waals surface area contributed by atoms with Crippen LogP contribution in [0.1, 0.15) is 55.1 Å². The lowest BCUT2D eigenvalue weighted by Crippen LogP contribution is -2.65. The molecule has 1 saturated heterocycles. The molecule has 190 valence electrons. The van der Waals surface area contributed by atoms with Crippen LogP contribution in [0.25, 0.3) is 0 Å². The number of amides is 1. The first-order valence-electron chi connectivity index (χ1n) is 12.7. The Morgan fingerprint density at radius 3 is 2.61 bits per heavy atom. The number of hydrogen-bond acceptors (Lipinski definition) is 5. The van der Waals surface area contributed by atoms with Crippen LogP contribution in [-0.2, 0) is 26.9 Å². The van der Waals surface area contributed by atoms with E-state index in [1.807, 2.05) is 30.3 Å². The molecule has 6 rings (SSSR count). The molecule has 4 fully saturated rings. The van der Waals surface area contributed by atoms with Gasteiger partial charge in [-0.3, -0.25) is 4.79 Å². The van der Waals surface area contributed by atoms with Crippen molar-refractivity contribution in [1.29, 1.82) is 0 Å². The number of carboxylic acid groups (broad SMARTS) is 1. The van der Waals surface area contributed by atoms with Crippen molar-refractivity contribution in [1.82, 2.24) is 5.32 Å². The van der Waals surface area contributed by atoms with Gasteiger partial charge in [0, 0.05) is 0 Å². The van der Waals surface area contributed by atoms with Gasteiger partial charge in [-0.25, -0.2) is 4.79 Å². The fourth-order valence-electron chi connectivity index (χ4n) is 6.60. The van der Waals surface area contributed by atoms with Crippen molar-refractivity contribution in [3.63, 3.8) is 0 Å². The molecule has 0 spiro atoms. The second-order valence-electron chi connectivity index (χ2n) is 11.2. The summed E-state index contributed by atoms with van der Waals surface area (Å²) in [5.74, 6) is 0.126. The maximum Gasteiger partial charge on any atom is 0.482 e. The first kappa shape index (κ1) is 24.8. The Morgan fingerprint density at radius 2 is 1.89 bits per heavy atom. The van der Waals surface area contributed by atoms with Gasteiger partial charge >= 0.3 is 13.1 Å². The van der Waals surface area contributed by atoms with E-state index in [4.69, 9.17) is 14.0 Å². The third kappa shape index (κ3) is 4.41. The van der Waals surface area contributed by atoms with Crippen molar-refractivity contribution < 1.29 is 28.7 Å². The first-order chi connectivity index (χ1) is 17.1. The third-order valence-electron chi connectivity index (χ3n) is 8.77. The van der Waals surface area contributed by atoms with Crippen LogP contribution in [0.5, 0.6) is 5.75 Å². The lowest BCUT2D eigenvalue weighted by atomic mass is 9.43. The number of methoxy groups -OCH3 is 1. The third-order valence-corrected chi connectivity index (χ3v) is 8.77. The molecule has 8 heteroatoms. The number of benzene rings is 2. The zero-order valence-electron chi connectivity index (χ0n) is 21.3. The quantitative estimate of drug-likeness (QED) is 0.544. The average Bonchev–Trinajstić information content (AvgIpc) is 3.21. The van der Waals surface area contributed by atoms with Gasteiger partial charge in [0.05, 0.1) is 36.7 Å². The fourth-order valence-corrected chi connectivity index (χ4v) is 6.60. The Labute approximate surface area is 212 Å². The highest BCUT2D eigenvalue weighted by atomic mass is 16.7. The molecule has 2 aromatic carbocycles. The number of aromatic carboxylic acids is 1. The Hall–Kier alpha value is -2.84. The second-order valence-corrected chi connectivity index (χ2v) is 11.2. The molecule has 4 aliphatic rings. The lowest BCUT2D eigenvalue weighted by molar-refractivity contribution is -0.199. The number of nitrogens with one attached hydrogen (secondary N) is 1. The van der Waals surface area contributed by atoms with Gasteiger partial charge < -0.3 is 24.5 Å². The maximum absolute atomic E-state index is 13.2. The largest absolute Gasteiger partial charge is 0.497 e. The van der Waals surface area contributed by atoms with Crippen LogP contribution in [0.15, 0.2) is 48.5 Å². The molecule has 2 aromatic rings. The molecule has 1 aliphatic heterocycles. The van der Waals surface area contributed by atoms with Gasteiger partial charge in [-0.05, 0) is 78.8 Å². The van der Waals surface area contributed by atoms with Crippen LogP contribution in [0, 0.1) is 17.3 Å². The molecule has 5 unspecified atom stereocenters. The standard InChI is InChI=1S/C28H34BNO6/c1-27(2)20-15-22(27)28(3)23(16-20)35-29(36-28)24(13-17-7-5-9-19(11-17)26(32)33)30-25(31)14-18-8-6-10-21(12-18)34-4/h5-12,20,22-24H,13-16H2,1-4H3,(H,30,31)(H,32,33). The summed E-state index contributed by atoms with van der Waals surface area (Å²) in [5.41, 5.74) is 1.67. The van der Waals surface area contributed by atoms with E-state index in [0.29, 0.717) is 24.0 Å². The Kier molecular flexibility index (Phi) is 6.37. The highest BCUT2D eigenvalue weighted by Crippen LogP contribution is 2.65. The number of rotatable bonds is 8. The van der Waals surface area contributed by atoms with Gasteiger partial charge in [-0.1, -0.05) is 38.1 Å². The Morgan fingerprint density at radius 1 is 1.14 bits per heavy atom. The Bertz CT molecular complexity index is 1170. The first-order valence-corrected chi connectivity index (χ1v) is 12.7. The normalized spacial score (nSPS) is 28.6. The molecule has 7 nitrogen and oxygen atoms in total. The highest BCUT2D eigenvalue weighted by Gasteiger charge is 2.68. The van der Waals surface area contributed by atoms with Crippen LogP contribution < -0.4 is 10.1 Å². The smallest absolute Gasteiger partial charge is 0.482 e. The number of ether oxygens (including phenoxy) is 1. The summed E-state index contributed by atoms with van der Waals surface area (Å²) in [4.78, 5) is 24.7. The predicted molar refractivity (Wildman–Crippen MR) is 136 cm³/mol. The van der Waals surface area contributed by atoms with Crippen molar-refractivity contribution in [3.05, 3.63) is 65.2 Å². The summed E-state index contributed by atoms with van der Waals surface area (Å²) in [6.45, 7) is 6.78. The number of hydrogen-bond donors (Lipinski definition) is 2. The van der Waals surface area contributed by atoms with E-state index in [1.54, 1.807) is 25.3 Å². The topological polar surface area (TPSA) is 94.1 Å². The van der Waals surface area contributed by atoms with Crippen molar-refractivity contribution in [2.45, 2.75) is 64.1 Å². The van der Waals surface area contributed by atoms with Crippen LogP contribution in [0.3, 0.4) is 0 Å². The number of carbonyl (C=O) groups is 2. The predicted octanol–water partition coefficient (Wildman–Crippen LogP) is 3.93. The van der Waals surface area contributed by atoms with E-state index in [0.717, 1.165) is 24.0 Å². The number of carboxylic acids is 1. The second kappa shape index (κ2) is 9.23.